The van der Waals surface area contributed by atoms with Crippen LogP contribution >= 0.6 is 23.1 Å². The lowest BCUT2D eigenvalue weighted by molar-refractivity contribution is -0.119. The molecule has 0 aliphatic heterocycles. The van der Waals surface area contributed by atoms with Gasteiger partial charge in [0.05, 0.1) is 10.6 Å². The SMILES string of the molecule is C=CCn1c(S[C@H]2CCCCC2=O)nc2sc3c(c2c1=O)CC[C@@H](C)C3. The summed E-state index contributed by atoms with van der Waals surface area (Å²) in [4.78, 5) is 32.5. The number of carbonyl (C=O) groups excluding carboxylic acids is 1. The summed E-state index contributed by atoms with van der Waals surface area (Å²) in [6.07, 6.45) is 8.46. The molecular formula is C20H24N2O2S2. The van der Waals surface area contributed by atoms with Gasteiger partial charge in [-0.15, -0.1) is 17.9 Å². The van der Waals surface area contributed by atoms with Gasteiger partial charge >= 0.3 is 0 Å². The zero-order chi connectivity index (χ0) is 18.3. The first kappa shape index (κ1) is 18.0. The molecule has 4 rings (SSSR count). The van der Waals surface area contributed by atoms with Crippen molar-refractivity contribution in [3.05, 3.63) is 33.4 Å². The fraction of sp³-hybridized carbons (Fsp3) is 0.550. The second-order valence-corrected chi connectivity index (χ2v) is 9.70. The Hall–Kier alpha value is -1.40. The predicted octanol–water partition coefficient (Wildman–Crippen LogP) is 4.37. The van der Waals surface area contributed by atoms with Crippen molar-refractivity contribution < 1.29 is 4.79 Å². The fourth-order valence-corrected chi connectivity index (χ4v) is 6.64. The number of thioether (sulfide) groups is 1. The topological polar surface area (TPSA) is 52.0 Å². The van der Waals surface area contributed by atoms with E-state index in [4.69, 9.17) is 4.98 Å². The summed E-state index contributed by atoms with van der Waals surface area (Å²) in [7, 11) is 0. The normalized spacial score (nSPS) is 23.2. The van der Waals surface area contributed by atoms with Crippen molar-refractivity contribution in [1.29, 1.82) is 0 Å². The number of aryl methyl sites for hydroxylation is 1. The van der Waals surface area contributed by atoms with Gasteiger partial charge in [-0.25, -0.2) is 4.98 Å². The summed E-state index contributed by atoms with van der Waals surface area (Å²) in [6.45, 7) is 6.51. The Morgan fingerprint density at radius 3 is 2.92 bits per heavy atom. The van der Waals surface area contributed by atoms with Gasteiger partial charge in [0.25, 0.3) is 5.56 Å². The average Bonchev–Trinajstić information content (AvgIpc) is 2.97. The van der Waals surface area contributed by atoms with E-state index in [1.165, 1.54) is 22.2 Å². The first-order valence-electron chi connectivity index (χ1n) is 9.43. The van der Waals surface area contributed by atoms with Gasteiger partial charge in [0.15, 0.2) is 5.16 Å². The second-order valence-electron chi connectivity index (χ2n) is 7.45. The molecule has 0 bridgehead atoms. The number of carbonyl (C=O) groups is 1. The highest BCUT2D eigenvalue weighted by atomic mass is 32.2. The minimum atomic E-state index is -0.0706. The van der Waals surface area contributed by atoms with Crippen molar-refractivity contribution in [3.63, 3.8) is 0 Å². The molecule has 0 saturated heterocycles. The number of fused-ring (bicyclic) bond motifs is 3. The lowest BCUT2D eigenvalue weighted by Crippen LogP contribution is -2.27. The molecule has 2 aliphatic rings. The van der Waals surface area contributed by atoms with Gasteiger partial charge in [-0.2, -0.15) is 0 Å². The summed E-state index contributed by atoms with van der Waals surface area (Å²) in [6, 6.07) is 0. The molecule has 0 N–H and O–H groups in total. The first-order chi connectivity index (χ1) is 12.6. The Labute approximate surface area is 161 Å². The molecule has 2 aliphatic carbocycles. The molecule has 0 amide bonds. The van der Waals surface area contributed by atoms with Crippen molar-refractivity contribution in [3.8, 4) is 0 Å². The number of hydrogen-bond acceptors (Lipinski definition) is 5. The summed E-state index contributed by atoms with van der Waals surface area (Å²) < 4.78 is 1.72. The third kappa shape index (κ3) is 3.18. The van der Waals surface area contributed by atoms with Crippen LogP contribution in [0.25, 0.3) is 10.2 Å². The third-order valence-corrected chi connectivity index (χ3v) is 7.89. The largest absolute Gasteiger partial charge is 0.298 e. The summed E-state index contributed by atoms with van der Waals surface area (Å²) in [5.74, 6) is 0.958. The van der Waals surface area contributed by atoms with Crippen LogP contribution < -0.4 is 5.56 Å². The zero-order valence-corrected chi connectivity index (χ0v) is 16.8. The third-order valence-electron chi connectivity index (χ3n) is 5.44. The summed E-state index contributed by atoms with van der Waals surface area (Å²) >= 11 is 3.15. The molecule has 0 aromatic carbocycles. The highest BCUT2D eigenvalue weighted by Crippen LogP contribution is 2.37. The Morgan fingerprint density at radius 1 is 1.31 bits per heavy atom. The molecule has 6 heteroatoms. The van der Waals surface area contributed by atoms with Crippen molar-refractivity contribution in [2.75, 3.05) is 0 Å². The Bertz CT molecular complexity index is 928. The fourth-order valence-electron chi connectivity index (χ4n) is 3.99. The molecular weight excluding hydrogens is 364 g/mol. The van der Waals surface area contributed by atoms with Gasteiger partial charge in [0.2, 0.25) is 0 Å². The number of rotatable bonds is 4. The minimum Gasteiger partial charge on any atom is -0.298 e. The molecule has 2 aromatic rings. The molecule has 0 spiro atoms. The Morgan fingerprint density at radius 2 is 2.15 bits per heavy atom. The smallest absolute Gasteiger partial charge is 0.263 e. The quantitative estimate of drug-likeness (QED) is 0.576. The van der Waals surface area contributed by atoms with E-state index in [-0.39, 0.29) is 10.8 Å². The van der Waals surface area contributed by atoms with Gasteiger partial charge in [-0.1, -0.05) is 31.2 Å². The molecule has 2 heterocycles. The van der Waals surface area contributed by atoms with Crippen LogP contribution in [-0.4, -0.2) is 20.6 Å². The van der Waals surface area contributed by atoms with E-state index in [9.17, 15) is 9.59 Å². The summed E-state index contributed by atoms with van der Waals surface area (Å²) in [5, 5.41) is 1.41. The van der Waals surface area contributed by atoms with Gasteiger partial charge in [-0.3, -0.25) is 14.2 Å². The molecule has 1 fully saturated rings. The van der Waals surface area contributed by atoms with E-state index in [0.29, 0.717) is 29.8 Å². The van der Waals surface area contributed by atoms with Crippen LogP contribution in [0, 0.1) is 5.92 Å². The molecule has 26 heavy (non-hydrogen) atoms. The first-order valence-corrected chi connectivity index (χ1v) is 11.1. The van der Waals surface area contributed by atoms with Crippen molar-refractivity contribution >= 4 is 39.1 Å². The number of thiophene rings is 1. The van der Waals surface area contributed by atoms with Crippen molar-refractivity contribution in [2.45, 2.75) is 68.8 Å². The average molecular weight is 389 g/mol. The van der Waals surface area contributed by atoms with Gasteiger partial charge < -0.3 is 0 Å². The number of hydrogen-bond donors (Lipinski definition) is 0. The lowest BCUT2D eigenvalue weighted by atomic mass is 9.89. The number of allylic oxidation sites excluding steroid dienone is 1. The maximum atomic E-state index is 13.3. The number of Topliss-reactive ketones (excluding diaryl/α,β-unsaturated/α-hetero) is 1. The molecule has 2 aromatic heterocycles. The maximum absolute atomic E-state index is 13.3. The molecule has 4 nitrogen and oxygen atoms in total. The Balaban J connectivity index is 1.81. The summed E-state index contributed by atoms with van der Waals surface area (Å²) in [5.41, 5.74) is 1.25. The van der Waals surface area contributed by atoms with E-state index >= 15 is 0 Å². The Kier molecular flexibility index (Phi) is 5.06. The van der Waals surface area contributed by atoms with E-state index in [2.05, 4.69) is 13.5 Å². The van der Waals surface area contributed by atoms with Crippen LogP contribution in [0.4, 0.5) is 0 Å². The lowest BCUT2D eigenvalue weighted by Gasteiger charge is -2.21. The number of aromatic nitrogens is 2. The predicted molar refractivity (Wildman–Crippen MR) is 108 cm³/mol. The molecule has 0 radical (unpaired) electrons. The highest BCUT2D eigenvalue weighted by Gasteiger charge is 2.28. The molecule has 138 valence electrons. The van der Waals surface area contributed by atoms with Gasteiger partial charge in [-0.05, 0) is 43.6 Å². The molecule has 2 atom stereocenters. The van der Waals surface area contributed by atoms with Crippen LogP contribution in [0.1, 0.15) is 49.5 Å². The van der Waals surface area contributed by atoms with Crippen LogP contribution in [0.3, 0.4) is 0 Å². The van der Waals surface area contributed by atoms with E-state index in [0.717, 1.165) is 48.7 Å². The van der Waals surface area contributed by atoms with Crippen LogP contribution in [0.15, 0.2) is 22.6 Å². The standard InChI is InChI=1S/C20H24N2O2S2/c1-3-10-22-19(24)17-13-9-8-12(2)11-16(13)25-18(17)21-20(22)26-15-7-5-4-6-14(15)23/h3,12,15H,1,4-11H2,2H3/t12-,15+/m1/s1. The van der Waals surface area contributed by atoms with Crippen molar-refractivity contribution in [2.24, 2.45) is 5.92 Å². The maximum Gasteiger partial charge on any atom is 0.263 e. The van der Waals surface area contributed by atoms with E-state index < -0.39 is 0 Å². The molecule has 1 saturated carbocycles. The minimum absolute atomic E-state index is 0.0349. The second kappa shape index (κ2) is 7.31. The molecule has 0 unspecified atom stereocenters. The van der Waals surface area contributed by atoms with Gasteiger partial charge in [0, 0.05) is 17.8 Å². The van der Waals surface area contributed by atoms with E-state index in [1.54, 1.807) is 22.0 Å². The van der Waals surface area contributed by atoms with Crippen molar-refractivity contribution in [1.82, 2.24) is 9.55 Å². The monoisotopic (exact) mass is 388 g/mol. The van der Waals surface area contributed by atoms with Crippen LogP contribution in [0.5, 0.6) is 0 Å². The zero-order valence-electron chi connectivity index (χ0n) is 15.1. The van der Waals surface area contributed by atoms with Crippen LogP contribution in [-0.2, 0) is 24.2 Å². The number of nitrogens with zero attached hydrogens (tertiary/aromatic N) is 2. The van der Waals surface area contributed by atoms with Gasteiger partial charge in [0.1, 0.15) is 10.6 Å². The van der Waals surface area contributed by atoms with E-state index in [1.807, 2.05) is 0 Å². The van der Waals surface area contributed by atoms with Crippen LogP contribution in [0.2, 0.25) is 0 Å². The highest BCUT2D eigenvalue weighted by molar-refractivity contribution is 8.00. The number of ketones is 1.